The van der Waals surface area contributed by atoms with E-state index in [4.69, 9.17) is 0 Å². The van der Waals surface area contributed by atoms with Crippen LogP contribution in [0.3, 0.4) is 0 Å². The Labute approximate surface area is 132 Å². The van der Waals surface area contributed by atoms with Gasteiger partial charge in [0.25, 0.3) is 0 Å². The molecule has 22 heavy (non-hydrogen) atoms. The molecule has 124 valence electrons. The Balaban J connectivity index is 2.08. The molecule has 2 N–H and O–H groups in total. The topological polar surface area (TPSA) is 70.4 Å². The Morgan fingerprint density at radius 1 is 1.50 bits per heavy atom. The van der Waals surface area contributed by atoms with Gasteiger partial charge in [-0.2, -0.15) is 5.10 Å². The van der Waals surface area contributed by atoms with Crippen LogP contribution in [0.5, 0.6) is 0 Å². The van der Waals surface area contributed by atoms with Gasteiger partial charge in [0.1, 0.15) is 0 Å². The Bertz CT molecular complexity index is 540. The van der Waals surface area contributed by atoms with Crippen LogP contribution < -0.4 is 5.32 Å². The second-order valence-electron chi connectivity index (χ2n) is 6.40. The van der Waals surface area contributed by atoms with Crippen molar-refractivity contribution in [1.29, 1.82) is 0 Å². The maximum atomic E-state index is 12.5. The van der Waals surface area contributed by atoms with Gasteiger partial charge in [-0.25, -0.2) is 4.79 Å². The molecule has 0 bridgehead atoms. The quantitative estimate of drug-likeness (QED) is 0.896. The van der Waals surface area contributed by atoms with E-state index < -0.39 is 6.10 Å². The highest BCUT2D eigenvalue weighted by molar-refractivity contribution is 5.75. The average molecular weight is 308 g/mol. The third-order valence-corrected chi connectivity index (χ3v) is 4.83. The standard InChI is InChI=1S/C16H28N4O2/c1-6-13(15-11(3)18-19(5)12(15)4)17-16(22)20-8-7-10(2)14(21)9-20/h10,13-14,21H,6-9H2,1-5H3,(H,17,22). The van der Waals surface area contributed by atoms with E-state index in [1.54, 1.807) is 4.90 Å². The number of likely N-dealkylation sites (tertiary alicyclic amines) is 1. The summed E-state index contributed by atoms with van der Waals surface area (Å²) in [5.41, 5.74) is 3.14. The van der Waals surface area contributed by atoms with Crippen molar-refractivity contribution in [3.05, 3.63) is 17.0 Å². The van der Waals surface area contributed by atoms with E-state index in [1.807, 2.05) is 32.5 Å². The van der Waals surface area contributed by atoms with Gasteiger partial charge in [-0.05, 0) is 32.6 Å². The molecule has 6 heteroatoms. The summed E-state index contributed by atoms with van der Waals surface area (Å²) in [6.45, 7) is 9.20. The molecule has 1 aliphatic heterocycles. The van der Waals surface area contributed by atoms with Crippen molar-refractivity contribution in [1.82, 2.24) is 20.0 Å². The Hall–Kier alpha value is -1.56. The van der Waals surface area contributed by atoms with Crippen LogP contribution in [0.15, 0.2) is 0 Å². The number of urea groups is 1. The van der Waals surface area contributed by atoms with Gasteiger partial charge in [-0.15, -0.1) is 0 Å². The molecule has 1 aromatic heterocycles. The molecule has 1 aromatic rings. The monoisotopic (exact) mass is 308 g/mol. The maximum Gasteiger partial charge on any atom is 0.317 e. The smallest absolute Gasteiger partial charge is 0.317 e. The predicted molar refractivity (Wildman–Crippen MR) is 85.6 cm³/mol. The van der Waals surface area contributed by atoms with Crippen molar-refractivity contribution >= 4 is 6.03 Å². The van der Waals surface area contributed by atoms with E-state index in [2.05, 4.69) is 17.3 Å². The molecule has 3 atom stereocenters. The number of carbonyl (C=O) groups excluding carboxylic acids is 1. The fourth-order valence-electron chi connectivity index (χ4n) is 3.15. The Morgan fingerprint density at radius 3 is 2.68 bits per heavy atom. The summed E-state index contributed by atoms with van der Waals surface area (Å²) in [5.74, 6) is 0.258. The Kier molecular flexibility index (Phi) is 5.11. The normalized spacial score (nSPS) is 23.5. The lowest BCUT2D eigenvalue weighted by Gasteiger charge is -2.35. The molecule has 1 saturated heterocycles. The first-order valence-electron chi connectivity index (χ1n) is 8.08. The van der Waals surface area contributed by atoms with Gasteiger partial charge in [0.05, 0.1) is 17.8 Å². The van der Waals surface area contributed by atoms with Crippen LogP contribution in [0, 0.1) is 19.8 Å². The molecular formula is C16H28N4O2. The van der Waals surface area contributed by atoms with Crippen molar-refractivity contribution in [3.63, 3.8) is 0 Å². The predicted octanol–water partition coefficient (Wildman–Crippen LogP) is 1.90. The van der Waals surface area contributed by atoms with Gasteiger partial charge in [-0.1, -0.05) is 13.8 Å². The summed E-state index contributed by atoms with van der Waals surface area (Å²) in [5, 5.41) is 17.5. The number of nitrogens with zero attached hydrogens (tertiary/aromatic N) is 3. The van der Waals surface area contributed by atoms with E-state index >= 15 is 0 Å². The number of amides is 2. The minimum atomic E-state index is -0.429. The molecule has 2 rings (SSSR count). The average Bonchev–Trinajstić information content (AvgIpc) is 2.72. The summed E-state index contributed by atoms with van der Waals surface area (Å²) in [7, 11) is 1.92. The number of carbonyl (C=O) groups is 1. The molecule has 2 heterocycles. The van der Waals surface area contributed by atoms with Gasteiger partial charge in [0.15, 0.2) is 0 Å². The molecule has 0 saturated carbocycles. The Morgan fingerprint density at radius 2 is 2.18 bits per heavy atom. The number of nitrogens with one attached hydrogen (secondary N) is 1. The zero-order valence-corrected chi connectivity index (χ0v) is 14.3. The first-order valence-corrected chi connectivity index (χ1v) is 8.08. The molecule has 0 aromatic carbocycles. The molecule has 0 radical (unpaired) electrons. The largest absolute Gasteiger partial charge is 0.391 e. The molecular weight excluding hydrogens is 280 g/mol. The van der Waals surface area contributed by atoms with Crippen LogP contribution in [0.4, 0.5) is 4.79 Å². The van der Waals surface area contributed by atoms with Crippen molar-refractivity contribution in [2.45, 2.75) is 52.7 Å². The highest BCUT2D eigenvalue weighted by Crippen LogP contribution is 2.24. The minimum Gasteiger partial charge on any atom is -0.391 e. The molecule has 3 unspecified atom stereocenters. The highest BCUT2D eigenvalue weighted by atomic mass is 16.3. The summed E-state index contributed by atoms with van der Waals surface area (Å²) >= 11 is 0. The van der Waals surface area contributed by atoms with Crippen molar-refractivity contribution in [2.24, 2.45) is 13.0 Å². The van der Waals surface area contributed by atoms with Crippen LogP contribution in [0.2, 0.25) is 0 Å². The summed E-state index contributed by atoms with van der Waals surface area (Å²) in [4.78, 5) is 14.2. The van der Waals surface area contributed by atoms with E-state index in [0.29, 0.717) is 13.1 Å². The van der Waals surface area contributed by atoms with Crippen molar-refractivity contribution in [3.8, 4) is 0 Å². The van der Waals surface area contributed by atoms with Gasteiger partial charge in [0, 0.05) is 31.4 Å². The number of rotatable bonds is 3. The van der Waals surface area contributed by atoms with Gasteiger partial charge in [0.2, 0.25) is 0 Å². The molecule has 1 aliphatic rings. The summed E-state index contributed by atoms with van der Waals surface area (Å²) in [6, 6.07) is -0.141. The third-order valence-electron chi connectivity index (χ3n) is 4.83. The molecule has 2 amide bonds. The number of aliphatic hydroxyl groups is 1. The number of hydrogen-bond donors (Lipinski definition) is 2. The minimum absolute atomic E-state index is 0.0438. The number of aromatic nitrogens is 2. The number of aryl methyl sites for hydroxylation is 2. The van der Waals surface area contributed by atoms with E-state index in [9.17, 15) is 9.90 Å². The summed E-state index contributed by atoms with van der Waals surface area (Å²) < 4.78 is 1.85. The van der Waals surface area contributed by atoms with Gasteiger partial charge in [-0.3, -0.25) is 4.68 Å². The van der Waals surface area contributed by atoms with Crippen molar-refractivity contribution in [2.75, 3.05) is 13.1 Å². The SMILES string of the molecule is CCC(NC(=O)N1CCC(C)C(O)C1)c1c(C)nn(C)c1C. The number of hydrogen-bond acceptors (Lipinski definition) is 3. The lowest BCUT2D eigenvalue weighted by molar-refractivity contribution is 0.0429. The van der Waals surface area contributed by atoms with E-state index in [0.717, 1.165) is 29.8 Å². The van der Waals surface area contributed by atoms with Crippen LogP contribution in [0.1, 0.15) is 49.7 Å². The molecule has 1 fully saturated rings. The molecule has 6 nitrogen and oxygen atoms in total. The molecule has 0 spiro atoms. The molecule has 0 aliphatic carbocycles. The van der Waals surface area contributed by atoms with E-state index in [-0.39, 0.29) is 18.0 Å². The van der Waals surface area contributed by atoms with Crippen LogP contribution >= 0.6 is 0 Å². The lowest BCUT2D eigenvalue weighted by Crippen LogP contribution is -2.50. The number of β-amino-alcohol motifs (C(OH)–C–C–N with tert-alkyl or cyclic N) is 1. The van der Waals surface area contributed by atoms with Crippen LogP contribution in [-0.4, -0.2) is 45.0 Å². The zero-order valence-electron chi connectivity index (χ0n) is 14.3. The lowest BCUT2D eigenvalue weighted by atomic mass is 9.96. The fourth-order valence-corrected chi connectivity index (χ4v) is 3.15. The summed E-state index contributed by atoms with van der Waals surface area (Å²) in [6.07, 6.45) is 1.23. The van der Waals surface area contributed by atoms with Gasteiger partial charge >= 0.3 is 6.03 Å². The second-order valence-corrected chi connectivity index (χ2v) is 6.40. The fraction of sp³-hybridized carbons (Fsp3) is 0.750. The first-order chi connectivity index (χ1) is 10.3. The van der Waals surface area contributed by atoms with Crippen molar-refractivity contribution < 1.29 is 9.90 Å². The van der Waals surface area contributed by atoms with Gasteiger partial charge < -0.3 is 15.3 Å². The van der Waals surface area contributed by atoms with Crippen LogP contribution in [0.25, 0.3) is 0 Å². The second kappa shape index (κ2) is 6.69. The third kappa shape index (κ3) is 3.27. The zero-order chi connectivity index (χ0) is 16.4. The number of aliphatic hydroxyl groups excluding tert-OH is 1. The van der Waals surface area contributed by atoms with E-state index in [1.165, 1.54) is 0 Å². The van der Waals surface area contributed by atoms with Crippen LogP contribution in [-0.2, 0) is 7.05 Å². The number of piperidine rings is 1. The maximum absolute atomic E-state index is 12.5. The first kappa shape index (κ1) is 16.8. The highest BCUT2D eigenvalue weighted by Gasteiger charge is 2.29.